The zero-order valence-corrected chi connectivity index (χ0v) is 14.5. The van der Waals surface area contributed by atoms with Crippen molar-refractivity contribution < 1.29 is 9.53 Å². The van der Waals surface area contributed by atoms with E-state index < -0.39 is 5.60 Å². The van der Waals surface area contributed by atoms with E-state index in [4.69, 9.17) is 4.74 Å². The number of piperidine rings is 1. The van der Waals surface area contributed by atoms with Crippen LogP contribution in [0.5, 0.6) is 0 Å². The summed E-state index contributed by atoms with van der Waals surface area (Å²) in [6, 6.07) is 0.959. The monoisotopic (exact) mass is 311 g/mol. The van der Waals surface area contributed by atoms with Crippen molar-refractivity contribution in [2.45, 2.75) is 77.0 Å². The molecule has 5 heteroatoms. The summed E-state index contributed by atoms with van der Waals surface area (Å²) in [5.41, 5.74) is -0.408. The van der Waals surface area contributed by atoms with Crippen LogP contribution in [0.2, 0.25) is 0 Å². The topological polar surface area (TPSA) is 53.6 Å². The molecule has 0 aromatic rings. The maximum absolute atomic E-state index is 12.2. The van der Waals surface area contributed by atoms with Gasteiger partial charge in [-0.1, -0.05) is 6.42 Å². The van der Waals surface area contributed by atoms with Gasteiger partial charge in [0.25, 0.3) is 0 Å². The van der Waals surface area contributed by atoms with Crippen LogP contribution in [0.25, 0.3) is 0 Å². The van der Waals surface area contributed by atoms with Crippen LogP contribution in [0, 0.1) is 0 Å². The molecule has 2 unspecified atom stereocenters. The molecule has 22 heavy (non-hydrogen) atoms. The molecular weight excluding hydrogens is 278 g/mol. The van der Waals surface area contributed by atoms with E-state index in [-0.39, 0.29) is 6.09 Å². The van der Waals surface area contributed by atoms with Crippen LogP contribution in [0.15, 0.2) is 0 Å². The third kappa shape index (κ3) is 5.76. The smallest absolute Gasteiger partial charge is 0.410 e. The van der Waals surface area contributed by atoms with E-state index in [2.05, 4.69) is 10.6 Å². The molecule has 2 rings (SSSR count). The van der Waals surface area contributed by atoms with E-state index in [1.807, 2.05) is 25.7 Å². The van der Waals surface area contributed by atoms with E-state index in [0.29, 0.717) is 12.1 Å². The van der Waals surface area contributed by atoms with Crippen LogP contribution in [-0.4, -0.2) is 54.9 Å². The van der Waals surface area contributed by atoms with Crippen LogP contribution in [0.1, 0.15) is 59.3 Å². The fourth-order valence-electron chi connectivity index (χ4n) is 3.34. The zero-order valence-electron chi connectivity index (χ0n) is 14.5. The lowest BCUT2D eigenvalue weighted by Gasteiger charge is -2.29. The van der Waals surface area contributed by atoms with E-state index in [1.165, 1.54) is 19.3 Å². The number of hydrogen-bond acceptors (Lipinski definition) is 4. The molecular formula is C17H33N3O2. The van der Waals surface area contributed by atoms with Gasteiger partial charge in [-0.2, -0.15) is 0 Å². The molecule has 2 atom stereocenters. The number of carbonyl (C=O) groups excluding carboxylic acids is 1. The third-order valence-electron chi connectivity index (χ3n) is 4.46. The van der Waals surface area contributed by atoms with E-state index in [0.717, 1.165) is 45.4 Å². The van der Waals surface area contributed by atoms with Gasteiger partial charge in [0.05, 0.1) is 0 Å². The second kappa shape index (κ2) is 8.16. The molecule has 0 bridgehead atoms. The van der Waals surface area contributed by atoms with E-state index in [1.54, 1.807) is 0 Å². The maximum atomic E-state index is 12.2. The Bertz CT molecular complexity index is 348. The highest BCUT2D eigenvalue weighted by Gasteiger charge is 2.31. The number of hydrogen-bond donors (Lipinski definition) is 2. The Morgan fingerprint density at radius 2 is 2.09 bits per heavy atom. The van der Waals surface area contributed by atoms with Gasteiger partial charge >= 0.3 is 6.09 Å². The summed E-state index contributed by atoms with van der Waals surface area (Å²) in [5.74, 6) is 0. The number of nitrogens with one attached hydrogen (secondary N) is 2. The summed E-state index contributed by atoms with van der Waals surface area (Å²) in [4.78, 5) is 14.1. The molecule has 2 N–H and O–H groups in total. The Kier molecular flexibility index (Phi) is 6.50. The largest absolute Gasteiger partial charge is 0.444 e. The number of ether oxygens (including phenoxy) is 1. The van der Waals surface area contributed by atoms with Gasteiger partial charge in [-0.15, -0.1) is 0 Å². The number of amides is 1. The van der Waals surface area contributed by atoms with Crippen molar-refractivity contribution in [3.05, 3.63) is 0 Å². The van der Waals surface area contributed by atoms with Gasteiger partial charge in [-0.25, -0.2) is 4.79 Å². The van der Waals surface area contributed by atoms with E-state index >= 15 is 0 Å². The first-order valence-corrected chi connectivity index (χ1v) is 8.89. The first-order valence-electron chi connectivity index (χ1n) is 8.89. The lowest BCUT2D eigenvalue weighted by Crippen LogP contribution is -2.43. The predicted octanol–water partition coefficient (Wildman–Crippen LogP) is 2.51. The standard InChI is InChI=1S/C17H33N3O2/c1-17(2,3)22-16(21)20-12-6-8-15(20)9-11-18-13-14-7-4-5-10-19-14/h14-15,18-19H,4-13H2,1-3H3. The first kappa shape index (κ1) is 17.5. The minimum atomic E-state index is -0.408. The SMILES string of the molecule is CC(C)(C)OC(=O)N1CCCC1CCNCC1CCCCN1. The molecule has 0 aromatic carbocycles. The molecule has 2 aliphatic rings. The van der Waals surface area contributed by atoms with Crippen LogP contribution >= 0.6 is 0 Å². The van der Waals surface area contributed by atoms with Crippen molar-refractivity contribution in [2.24, 2.45) is 0 Å². The van der Waals surface area contributed by atoms with Gasteiger partial charge in [0.15, 0.2) is 0 Å². The van der Waals surface area contributed by atoms with E-state index in [9.17, 15) is 4.79 Å². The molecule has 0 aromatic heterocycles. The fraction of sp³-hybridized carbons (Fsp3) is 0.941. The molecule has 2 heterocycles. The molecule has 0 spiro atoms. The van der Waals surface area contributed by atoms with Crippen LogP contribution < -0.4 is 10.6 Å². The Balaban J connectivity index is 1.66. The van der Waals surface area contributed by atoms with Gasteiger partial charge < -0.3 is 20.3 Å². The molecule has 2 saturated heterocycles. The molecule has 0 aliphatic carbocycles. The van der Waals surface area contributed by atoms with Crippen molar-refractivity contribution in [1.82, 2.24) is 15.5 Å². The van der Waals surface area contributed by atoms with Gasteiger partial charge in [0.2, 0.25) is 0 Å². The summed E-state index contributed by atoms with van der Waals surface area (Å²) < 4.78 is 5.51. The highest BCUT2D eigenvalue weighted by Crippen LogP contribution is 2.22. The molecule has 1 amide bonds. The van der Waals surface area contributed by atoms with Crippen LogP contribution in [0.4, 0.5) is 4.79 Å². The molecule has 0 radical (unpaired) electrons. The molecule has 2 aliphatic heterocycles. The number of rotatable bonds is 5. The number of nitrogens with zero attached hydrogens (tertiary/aromatic N) is 1. The number of likely N-dealkylation sites (tertiary alicyclic amines) is 1. The highest BCUT2D eigenvalue weighted by molar-refractivity contribution is 5.68. The molecule has 0 saturated carbocycles. The van der Waals surface area contributed by atoms with Crippen molar-refractivity contribution >= 4 is 6.09 Å². The van der Waals surface area contributed by atoms with Gasteiger partial charge in [0.1, 0.15) is 5.60 Å². The normalized spacial score (nSPS) is 26.2. The summed E-state index contributed by atoms with van der Waals surface area (Å²) in [7, 11) is 0. The molecule has 5 nitrogen and oxygen atoms in total. The average molecular weight is 311 g/mol. The van der Waals surface area contributed by atoms with Gasteiger partial charge in [-0.3, -0.25) is 0 Å². The zero-order chi connectivity index (χ0) is 16.0. The second-order valence-corrected chi connectivity index (χ2v) is 7.61. The summed E-state index contributed by atoms with van der Waals surface area (Å²) >= 11 is 0. The molecule has 128 valence electrons. The van der Waals surface area contributed by atoms with Crippen molar-refractivity contribution in [2.75, 3.05) is 26.2 Å². The van der Waals surface area contributed by atoms with Gasteiger partial charge in [0, 0.05) is 25.2 Å². The van der Waals surface area contributed by atoms with Crippen LogP contribution in [0.3, 0.4) is 0 Å². The lowest BCUT2D eigenvalue weighted by molar-refractivity contribution is 0.0220. The van der Waals surface area contributed by atoms with Gasteiger partial charge in [-0.05, 0) is 66.0 Å². The second-order valence-electron chi connectivity index (χ2n) is 7.61. The average Bonchev–Trinajstić information content (AvgIpc) is 2.91. The lowest BCUT2D eigenvalue weighted by atomic mass is 10.1. The first-order chi connectivity index (χ1) is 10.5. The minimum Gasteiger partial charge on any atom is -0.444 e. The van der Waals surface area contributed by atoms with Crippen molar-refractivity contribution in [3.63, 3.8) is 0 Å². The quantitative estimate of drug-likeness (QED) is 0.766. The van der Waals surface area contributed by atoms with Crippen molar-refractivity contribution in [3.8, 4) is 0 Å². The highest BCUT2D eigenvalue weighted by atomic mass is 16.6. The minimum absolute atomic E-state index is 0.149. The fourth-order valence-corrected chi connectivity index (χ4v) is 3.34. The Morgan fingerprint density at radius 3 is 2.77 bits per heavy atom. The summed E-state index contributed by atoms with van der Waals surface area (Å²) in [5, 5.41) is 7.10. The Hall–Kier alpha value is -0.810. The summed E-state index contributed by atoms with van der Waals surface area (Å²) in [6.45, 7) is 9.78. The third-order valence-corrected chi connectivity index (χ3v) is 4.46. The molecule has 2 fully saturated rings. The van der Waals surface area contributed by atoms with Crippen LogP contribution in [-0.2, 0) is 4.74 Å². The Morgan fingerprint density at radius 1 is 1.27 bits per heavy atom. The van der Waals surface area contributed by atoms with Crippen molar-refractivity contribution in [1.29, 1.82) is 0 Å². The summed E-state index contributed by atoms with van der Waals surface area (Å²) in [6.07, 6.45) is 6.99. The maximum Gasteiger partial charge on any atom is 0.410 e. The number of carbonyl (C=O) groups is 1. The Labute approximate surface area is 135 Å². The predicted molar refractivity (Wildman–Crippen MR) is 89.1 cm³/mol.